The van der Waals surface area contributed by atoms with Gasteiger partial charge in [-0.25, -0.2) is 9.78 Å². The maximum atomic E-state index is 12.7. The van der Waals surface area contributed by atoms with Crippen molar-refractivity contribution in [2.45, 2.75) is 25.3 Å². The van der Waals surface area contributed by atoms with Gasteiger partial charge in [0.15, 0.2) is 0 Å². The van der Waals surface area contributed by atoms with Crippen molar-refractivity contribution >= 4 is 11.9 Å². The zero-order chi connectivity index (χ0) is 15.5. The number of aromatic amines is 1. The maximum Gasteiger partial charge on any atom is 0.335 e. The number of aromatic carboxylic acids is 1. The first-order chi connectivity index (χ1) is 10.7. The second-order valence-electron chi connectivity index (χ2n) is 5.37. The van der Waals surface area contributed by atoms with Gasteiger partial charge >= 0.3 is 5.97 Å². The van der Waals surface area contributed by atoms with Crippen LogP contribution in [0.3, 0.4) is 0 Å². The van der Waals surface area contributed by atoms with E-state index >= 15 is 0 Å². The third kappa shape index (κ3) is 2.72. The summed E-state index contributed by atoms with van der Waals surface area (Å²) in [5.41, 5.74) is 0.682. The minimum atomic E-state index is -0.995. The molecule has 2 aromatic rings. The Labute approximate surface area is 127 Å². The molecule has 1 unspecified atom stereocenters. The van der Waals surface area contributed by atoms with E-state index in [0.717, 1.165) is 25.1 Å². The smallest absolute Gasteiger partial charge is 0.335 e. The first-order valence-corrected chi connectivity index (χ1v) is 7.30. The van der Waals surface area contributed by atoms with E-state index in [1.807, 2.05) is 4.90 Å². The van der Waals surface area contributed by atoms with E-state index in [4.69, 9.17) is 5.11 Å². The third-order valence-electron chi connectivity index (χ3n) is 3.98. The highest BCUT2D eigenvalue weighted by atomic mass is 16.4. The van der Waals surface area contributed by atoms with E-state index in [0.29, 0.717) is 12.1 Å². The standard InChI is InChI=1S/C16H17N3O3/c20-15(11-4-6-12(7-5-11)16(21)22)19-10-2-1-3-13(19)14-17-8-9-18-14/h4-9,13H,1-3,10H2,(H,17,18)(H,21,22). The summed E-state index contributed by atoms with van der Waals surface area (Å²) in [5.74, 6) is -0.279. The lowest BCUT2D eigenvalue weighted by molar-refractivity contribution is 0.0599. The van der Waals surface area contributed by atoms with Crippen molar-refractivity contribution in [1.82, 2.24) is 14.9 Å². The number of aromatic nitrogens is 2. The van der Waals surface area contributed by atoms with Gasteiger partial charge in [0.25, 0.3) is 5.91 Å². The molecule has 6 nitrogen and oxygen atoms in total. The molecule has 114 valence electrons. The van der Waals surface area contributed by atoms with Crippen LogP contribution in [0.25, 0.3) is 0 Å². The normalized spacial score (nSPS) is 18.2. The van der Waals surface area contributed by atoms with Gasteiger partial charge in [-0.1, -0.05) is 0 Å². The lowest BCUT2D eigenvalue weighted by Gasteiger charge is -2.34. The largest absolute Gasteiger partial charge is 0.478 e. The van der Waals surface area contributed by atoms with Crippen LogP contribution < -0.4 is 0 Å². The second kappa shape index (κ2) is 6.01. The van der Waals surface area contributed by atoms with Crippen LogP contribution in [0.2, 0.25) is 0 Å². The molecular formula is C16H17N3O3. The van der Waals surface area contributed by atoms with Crippen LogP contribution in [0.5, 0.6) is 0 Å². The summed E-state index contributed by atoms with van der Waals surface area (Å²) < 4.78 is 0. The van der Waals surface area contributed by atoms with Crippen molar-refractivity contribution in [2.75, 3.05) is 6.54 Å². The minimum Gasteiger partial charge on any atom is -0.478 e. The molecule has 0 aliphatic carbocycles. The number of imidazole rings is 1. The maximum absolute atomic E-state index is 12.7. The number of hydrogen-bond donors (Lipinski definition) is 2. The Morgan fingerprint density at radius 1 is 1.18 bits per heavy atom. The van der Waals surface area contributed by atoms with Crippen LogP contribution in [0, 0.1) is 0 Å². The molecule has 0 bridgehead atoms. The van der Waals surface area contributed by atoms with E-state index in [1.165, 1.54) is 12.1 Å². The zero-order valence-electron chi connectivity index (χ0n) is 12.0. The van der Waals surface area contributed by atoms with Gasteiger partial charge in [-0.15, -0.1) is 0 Å². The average Bonchev–Trinajstić information content (AvgIpc) is 3.08. The number of rotatable bonds is 3. The summed E-state index contributed by atoms with van der Waals surface area (Å²) in [4.78, 5) is 32.8. The SMILES string of the molecule is O=C(O)c1ccc(C(=O)N2CCCCC2c2ncc[nH]2)cc1. The highest BCUT2D eigenvalue weighted by Gasteiger charge is 2.30. The molecule has 1 aromatic heterocycles. The molecule has 2 heterocycles. The molecule has 0 radical (unpaired) electrons. The Morgan fingerprint density at radius 3 is 2.55 bits per heavy atom. The van der Waals surface area contributed by atoms with Crippen LogP contribution in [0.15, 0.2) is 36.7 Å². The van der Waals surface area contributed by atoms with E-state index in [2.05, 4.69) is 9.97 Å². The molecule has 1 aromatic carbocycles. The van der Waals surface area contributed by atoms with Crippen molar-refractivity contribution in [1.29, 1.82) is 0 Å². The van der Waals surface area contributed by atoms with Crippen molar-refractivity contribution in [3.8, 4) is 0 Å². The van der Waals surface area contributed by atoms with Crippen LogP contribution >= 0.6 is 0 Å². The van der Waals surface area contributed by atoms with Gasteiger partial charge in [0, 0.05) is 24.5 Å². The topological polar surface area (TPSA) is 86.3 Å². The molecule has 0 spiro atoms. The summed E-state index contributed by atoms with van der Waals surface area (Å²) in [6.07, 6.45) is 6.36. The number of carboxylic acid groups (broad SMARTS) is 1. The van der Waals surface area contributed by atoms with Crippen molar-refractivity contribution < 1.29 is 14.7 Å². The molecule has 22 heavy (non-hydrogen) atoms. The van der Waals surface area contributed by atoms with Crippen LogP contribution in [0.1, 0.15) is 51.8 Å². The van der Waals surface area contributed by atoms with Gasteiger partial charge in [0.1, 0.15) is 5.82 Å². The van der Waals surface area contributed by atoms with E-state index in [9.17, 15) is 9.59 Å². The number of benzene rings is 1. The lowest BCUT2D eigenvalue weighted by Crippen LogP contribution is -2.39. The molecular weight excluding hydrogens is 282 g/mol. The number of carbonyl (C=O) groups excluding carboxylic acids is 1. The predicted octanol–water partition coefficient (Wildman–Crippen LogP) is 2.48. The van der Waals surface area contributed by atoms with Crippen molar-refractivity contribution in [2.24, 2.45) is 0 Å². The van der Waals surface area contributed by atoms with Gasteiger partial charge in [-0.05, 0) is 43.5 Å². The third-order valence-corrected chi connectivity index (χ3v) is 3.98. The quantitative estimate of drug-likeness (QED) is 0.911. The lowest BCUT2D eigenvalue weighted by atomic mass is 10.00. The Kier molecular flexibility index (Phi) is 3.91. The number of hydrogen-bond acceptors (Lipinski definition) is 3. The molecule has 1 fully saturated rings. The molecule has 1 amide bonds. The monoisotopic (exact) mass is 299 g/mol. The number of carbonyl (C=O) groups is 2. The number of H-pyrrole nitrogens is 1. The van der Waals surface area contributed by atoms with Gasteiger partial charge in [-0.3, -0.25) is 4.79 Å². The number of likely N-dealkylation sites (tertiary alicyclic amines) is 1. The number of amides is 1. The summed E-state index contributed by atoms with van der Waals surface area (Å²) in [5, 5.41) is 8.92. The van der Waals surface area contributed by atoms with Gasteiger partial charge < -0.3 is 15.0 Å². The second-order valence-corrected chi connectivity index (χ2v) is 5.37. The predicted molar refractivity (Wildman–Crippen MR) is 79.6 cm³/mol. The highest BCUT2D eigenvalue weighted by molar-refractivity contribution is 5.96. The number of nitrogens with zero attached hydrogens (tertiary/aromatic N) is 2. The highest BCUT2D eigenvalue weighted by Crippen LogP contribution is 2.30. The van der Waals surface area contributed by atoms with E-state index in [1.54, 1.807) is 24.5 Å². The summed E-state index contributed by atoms with van der Waals surface area (Å²) >= 11 is 0. The fourth-order valence-electron chi connectivity index (χ4n) is 2.84. The molecule has 1 aliphatic rings. The summed E-state index contributed by atoms with van der Waals surface area (Å²) in [6.45, 7) is 0.685. The van der Waals surface area contributed by atoms with E-state index in [-0.39, 0.29) is 17.5 Å². The Bertz CT molecular complexity index is 664. The Balaban J connectivity index is 1.84. The molecule has 1 aliphatic heterocycles. The first kappa shape index (κ1) is 14.3. The zero-order valence-corrected chi connectivity index (χ0v) is 12.0. The summed E-state index contributed by atoms with van der Waals surface area (Å²) in [6, 6.07) is 6.01. The molecule has 2 N–H and O–H groups in total. The van der Waals surface area contributed by atoms with Gasteiger partial charge in [0.05, 0.1) is 11.6 Å². The number of nitrogens with one attached hydrogen (secondary N) is 1. The average molecular weight is 299 g/mol. The molecule has 6 heteroatoms. The van der Waals surface area contributed by atoms with Gasteiger partial charge in [-0.2, -0.15) is 0 Å². The molecule has 0 saturated carbocycles. The molecule has 1 atom stereocenters. The van der Waals surface area contributed by atoms with Crippen LogP contribution in [-0.4, -0.2) is 38.4 Å². The van der Waals surface area contributed by atoms with Crippen molar-refractivity contribution in [3.05, 3.63) is 53.6 Å². The fraction of sp³-hybridized carbons (Fsp3) is 0.312. The minimum absolute atomic E-state index is 0.0459. The van der Waals surface area contributed by atoms with E-state index < -0.39 is 5.97 Å². The van der Waals surface area contributed by atoms with Gasteiger partial charge in [0.2, 0.25) is 0 Å². The molecule has 3 rings (SSSR count). The Hall–Kier alpha value is -2.63. The van der Waals surface area contributed by atoms with Crippen molar-refractivity contribution in [3.63, 3.8) is 0 Å². The number of carboxylic acids is 1. The Morgan fingerprint density at radius 2 is 1.91 bits per heavy atom. The first-order valence-electron chi connectivity index (χ1n) is 7.30. The summed E-state index contributed by atoms with van der Waals surface area (Å²) in [7, 11) is 0. The molecule has 1 saturated heterocycles. The van der Waals surface area contributed by atoms with Crippen LogP contribution in [0.4, 0.5) is 0 Å². The fourth-order valence-corrected chi connectivity index (χ4v) is 2.84. The number of piperidine rings is 1. The van der Waals surface area contributed by atoms with Crippen LogP contribution in [-0.2, 0) is 0 Å².